The van der Waals surface area contributed by atoms with Crippen LogP contribution in [-0.4, -0.2) is 0 Å². The third kappa shape index (κ3) is 4.33. The SMILES string of the molecule is C=C/C=C\C(=C)CCc1ccc(C2C[C@H]2c2ccc(F)cc2F)cc1. The van der Waals surface area contributed by atoms with E-state index in [0.29, 0.717) is 11.5 Å². The lowest BCUT2D eigenvalue weighted by Gasteiger charge is -2.06. The molecule has 0 saturated heterocycles. The van der Waals surface area contributed by atoms with E-state index < -0.39 is 11.6 Å². The van der Waals surface area contributed by atoms with Crippen LogP contribution in [-0.2, 0) is 6.42 Å². The molecule has 0 aromatic heterocycles. The standard InChI is InChI=1S/C23H22F2/c1-3-4-5-16(2)6-7-17-8-10-18(11-9-17)21-15-22(21)20-13-12-19(24)14-23(20)25/h3-5,8-14,21-22H,1-2,6-7,15H2/b5-4-/t21?,22-/m0/s1. The molecule has 128 valence electrons. The molecule has 1 saturated carbocycles. The van der Waals surface area contributed by atoms with Crippen LogP contribution < -0.4 is 0 Å². The van der Waals surface area contributed by atoms with Crippen LogP contribution >= 0.6 is 0 Å². The van der Waals surface area contributed by atoms with E-state index in [2.05, 4.69) is 37.4 Å². The minimum Gasteiger partial charge on any atom is -0.207 e. The highest BCUT2D eigenvalue weighted by Crippen LogP contribution is 2.55. The molecule has 1 aliphatic carbocycles. The largest absolute Gasteiger partial charge is 0.207 e. The number of rotatable bonds is 7. The van der Waals surface area contributed by atoms with Gasteiger partial charge in [0.2, 0.25) is 0 Å². The summed E-state index contributed by atoms with van der Waals surface area (Å²) in [4.78, 5) is 0. The Morgan fingerprint density at radius 3 is 2.52 bits per heavy atom. The van der Waals surface area contributed by atoms with Crippen molar-refractivity contribution < 1.29 is 8.78 Å². The number of halogens is 2. The van der Waals surface area contributed by atoms with E-state index in [0.717, 1.165) is 30.9 Å². The highest BCUT2D eigenvalue weighted by Gasteiger charge is 2.40. The third-order valence-corrected chi connectivity index (χ3v) is 4.76. The summed E-state index contributed by atoms with van der Waals surface area (Å²) < 4.78 is 26.9. The van der Waals surface area contributed by atoms with Gasteiger partial charge in [0.05, 0.1) is 0 Å². The summed E-state index contributed by atoms with van der Waals surface area (Å²) in [6.07, 6.45) is 8.40. The molecule has 3 rings (SSSR count). The Hall–Kier alpha value is -2.48. The second-order valence-electron chi connectivity index (χ2n) is 6.61. The number of benzene rings is 2. The Kier molecular flexibility index (Phi) is 5.28. The highest BCUT2D eigenvalue weighted by atomic mass is 19.1. The average Bonchev–Trinajstić information content (AvgIpc) is 3.39. The molecule has 0 spiro atoms. The molecule has 0 radical (unpaired) electrons. The Balaban J connectivity index is 1.59. The molecule has 25 heavy (non-hydrogen) atoms. The van der Waals surface area contributed by atoms with Crippen LogP contribution in [0.15, 0.2) is 79.4 Å². The first-order valence-corrected chi connectivity index (χ1v) is 8.59. The zero-order valence-electron chi connectivity index (χ0n) is 14.2. The van der Waals surface area contributed by atoms with Gasteiger partial charge in [0.15, 0.2) is 0 Å². The lowest BCUT2D eigenvalue weighted by atomic mass is 10.0. The fourth-order valence-electron chi connectivity index (χ4n) is 3.23. The van der Waals surface area contributed by atoms with Gasteiger partial charge in [-0.25, -0.2) is 8.78 Å². The molecule has 0 nitrogen and oxygen atoms in total. The number of hydrogen-bond acceptors (Lipinski definition) is 0. The minimum atomic E-state index is -0.521. The van der Waals surface area contributed by atoms with Crippen molar-refractivity contribution in [3.63, 3.8) is 0 Å². The van der Waals surface area contributed by atoms with Crippen molar-refractivity contribution in [3.05, 3.63) is 108 Å². The first-order chi connectivity index (χ1) is 12.1. The van der Waals surface area contributed by atoms with Crippen LogP contribution in [0, 0.1) is 11.6 Å². The molecule has 2 heteroatoms. The van der Waals surface area contributed by atoms with E-state index in [1.54, 1.807) is 12.1 Å². The van der Waals surface area contributed by atoms with Gasteiger partial charge in [0, 0.05) is 6.07 Å². The summed E-state index contributed by atoms with van der Waals surface area (Å²) >= 11 is 0. The summed E-state index contributed by atoms with van der Waals surface area (Å²) in [6, 6.07) is 12.4. The van der Waals surface area contributed by atoms with Gasteiger partial charge in [0.1, 0.15) is 11.6 Å². The van der Waals surface area contributed by atoms with Crippen molar-refractivity contribution in [1.82, 2.24) is 0 Å². The van der Waals surface area contributed by atoms with Gasteiger partial charge in [-0.1, -0.05) is 67.3 Å². The lowest BCUT2D eigenvalue weighted by Crippen LogP contribution is -1.92. The van der Waals surface area contributed by atoms with Gasteiger partial charge in [-0.15, -0.1) is 0 Å². The zero-order chi connectivity index (χ0) is 17.8. The lowest BCUT2D eigenvalue weighted by molar-refractivity contribution is 0.572. The van der Waals surface area contributed by atoms with Crippen molar-refractivity contribution in [2.75, 3.05) is 0 Å². The predicted octanol–water partition coefficient (Wildman–Crippen LogP) is 6.47. The fraction of sp³-hybridized carbons (Fsp3) is 0.217. The molecule has 1 aliphatic rings. The van der Waals surface area contributed by atoms with Crippen molar-refractivity contribution in [2.24, 2.45) is 0 Å². The van der Waals surface area contributed by atoms with Gasteiger partial charge < -0.3 is 0 Å². The molecule has 1 unspecified atom stereocenters. The molecule has 1 fully saturated rings. The van der Waals surface area contributed by atoms with Gasteiger partial charge in [0.25, 0.3) is 0 Å². The van der Waals surface area contributed by atoms with Crippen molar-refractivity contribution >= 4 is 0 Å². The zero-order valence-corrected chi connectivity index (χ0v) is 14.2. The summed E-state index contributed by atoms with van der Waals surface area (Å²) in [5.41, 5.74) is 4.20. The van der Waals surface area contributed by atoms with Gasteiger partial charge in [-0.05, 0) is 53.9 Å². The molecule has 2 atom stereocenters. The molecule has 0 amide bonds. The second-order valence-corrected chi connectivity index (χ2v) is 6.61. The quantitative estimate of drug-likeness (QED) is 0.509. The molecule has 0 N–H and O–H groups in total. The molecule has 0 bridgehead atoms. The van der Waals surface area contributed by atoms with E-state index in [1.807, 2.05) is 12.2 Å². The summed E-state index contributed by atoms with van der Waals surface area (Å²) in [5.74, 6) is -0.461. The molecular formula is C23H22F2. The maximum Gasteiger partial charge on any atom is 0.129 e. The number of hydrogen-bond donors (Lipinski definition) is 0. The van der Waals surface area contributed by atoms with Crippen LogP contribution in [0.5, 0.6) is 0 Å². The molecule has 0 aliphatic heterocycles. The van der Waals surface area contributed by atoms with Crippen LogP contribution in [0.4, 0.5) is 8.78 Å². The van der Waals surface area contributed by atoms with E-state index in [1.165, 1.54) is 17.2 Å². The molecule has 0 heterocycles. The Morgan fingerprint density at radius 2 is 1.84 bits per heavy atom. The normalized spacial score (nSPS) is 19.1. The maximum absolute atomic E-state index is 13.9. The van der Waals surface area contributed by atoms with E-state index >= 15 is 0 Å². The van der Waals surface area contributed by atoms with Gasteiger partial charge in [-0.2, -0.15) is 0 Å². The predicted molar refractivity (Wildman–Crippen MR) is 99.7 cm³/mol. The number of aryl methyl sites for hydroxylation is 1. The second kappa shape index (κ2) is 7.60. The van der Waals surface area contributed by atoms with Crippen LogP contribution in [0.25, 0.3) is 0 Å². The first-order valence-electron chi connectivity index (χ1n) is 8.59. The monoisotopic (exact) mass is 336 g/mol. The molecule has 2 aromatic rings. The van der Waals surface area contributed by atoms with Crippen molar-refractivity contribution in [3.8, 4) is 0 Å². The minimum absolute atomic E-state index is 0.162. The fourth-order valence-corrected chi connectivity index (χ4v) is 3.23. The summed E-state index contributed by atoms with van der Waals surface area (Å²) in [6.45, 7) is 7.67. The van der Waals surface area contributed by atoms with Crippen LogP contribution in [0.3, 0.4) is 0 Å². The maximum atomic E-state index is 13.9. The van der Waals surface area contributed by atoms with E-state index in [9.17, 15) is 8.78 Å². The third-order valence-electron chi connectivity index (χ3n) is 4.76. The topological polar surface area (TPSA) is 0 Å². The van der Waals surface area contributed by atoms with Crippen molar-refractivity contribution in [1.29, 1.82) is 0 Å². The smallest absolute Gasteiger partial charge is 0.129 e. The van der Waals surface area contributed by atoms with Crippen LogP contribution in [0.2, 0.25) is 0 Å². The summed E-state index contributed by atoms with van der Waals surface area (Å²) in [7, 11) is 0. The Bertz CT molecular complexity index is 799. The van der Waals surface area contributed by atoms with E-state index in [-0.39, 0.29) is 5.92 Å². The summed E-state index contributed by atoms with van der Waals surface area (Å²) in [5, 5.41) is 0. The highest BCUT2D eigenvalue weighted by molar-refractivity contribution is 5.38. The Labute approximate surface area is 148 Å². The molecule has 2 aromatic carbocycles. The Morgan fingerprint density at radius 1 is 1.08 bits per heavy atom. The van der Waals surface area contributed by atoms with Crippen molar-refractivity contribution in [2.45, 2.75) is 31.1 Å². The average molecular weight is 336 g/mol. The van der Waals surface area contributed by atoms with E-state index in [4.69, 9.17) is 0 Å². The first kappa shape index (κ1) is 17.3. The van der Waals surface area contributed by atoms with Gasteiger partial charge in [-0.3, -0.25) is 0 Å². The van der Waals surface area contributed by atoms with Gasteiger partial charge >= 0.3 is 0 Å². The van der Waals surface area contributed by atoms with Crippen LogP contribution in [0.1, 0.15) is 41.4 Å². The molecular weight excluding hydrogens is 314 g/mol. The number of allylic oxidation sites excluding steroid dienone is 4.